The molecule has 10 heteroatoms. The van der Waals surface area contributed by atoms with Crippen LogP contribution in [-0.4, -0.2) is 20.3 Å². The highest BCUT2D eigenvalue weighted by atomic mass is 79.9. The minimum absolute atomic E-state index is 0.0922. The van der Waals surface area contributed by atoms with Crippen molar-refractivity contribution in [3.05, 3.63) is 46.9 Å². The van der Waals surface area contributed by atoms with Crippen LogP contribution in [0.5, 0.6) is 11.5 Å². The summed E-state index contributed by atoms with van der Waals surface area (Å²) < 4.78 is 35.5. The second kappa shape index (κ2) is 6.93. The molecule has 126 valence electrons. The summed E-state index contributed by atoms with van der Waals surface area (Å²) in [6.07, 6.45) is 0. The van der Waals surface area contributed by atoms with Crippen molar-refractivity contribution in [3.8, 4) is 11.5 Å². The van der Waals surface area contributed by atoms with Crippen molar-refractivity contribution in [2.75, 3.05) is 12.1 Å². The Bertz CT molecular complexity index is 872. The van der Waals surface area contributed by atoms with Crippen LogP contribution in [0.15, 0.2) is 51.8 Å². The van der Waals surface area contributed by atoms with E-state index < -0.39 is 10.0 Å². The molecule has 0 atom stereocenters. The van der Waals surface area contributed by atoms with E-state index in [1.54, 1.807) is 30.3 Å². The molecule has 0 fully saturated rings. The van der Waals surface area contributed by atoms with Crippen molar-refractivity contribution in [2.45, 2.75) is 4.90 Å². The molecule has 0 unspecified atom stereocenters. The van der Waals surface area contributed by atoms with Crippen LogP contribution in [-0.2, 0) is 10.0 Å². The average molecular weight is 430 g/mol. The first-order chi connectivity index (χ1) is 11.4. The van der Waals surface area contributed by atoms with E-state index in [-0.39, 0.29) is 16.8 Å². The molecule has 2 aromatic carbocycles. The lowest BCUT2D eigenvalue weighted by atomic mass is 10.3. The van der Waals surface area contributed by atoms with Crippen LogP contribution in [0.2, 0.25) is 0 Å². The van der Waals surface area contributed by atoms with Gasteiger partial charge in [-0.2, -0.15) is 0 Å². The molecular weight excluding hydrogens is 418 g/mol. The SMILES string of the molecule is O=S(=O)(NNC(=S)Nc1ccc2c(c1)OCO2)c1ccc(Br)cc1. The minimum Gasteiger partial charge on any atom is -0.454 e. The van der Waals surface area contributed by atoms with Gasteiger partial charge in [-0.3, -0.25) is 5.43 Å². The van der Waals surface area contributed by atoms with Crippen LogP contribution in [0.1, 0.15) is 0 Å². The van der Waals surface area contributed by atoms with E-state index in [0.29, 0.717) is 17.2 Å². The van der Waals surface area contributed by atoms with Crippen molar-refractivity contribution in [3.63, 3.8) is 0 Å². The molecule has 1 aliphatic rings. The van der Waals surface area contributed by atoms with E-state index in [0.717, 1.165) is 4.47 Å². The Morgan fingerprint density at radius 1 is 1.08 bits per heavy atom. The molecule has 1 aliphatic heterocycles. The fourth-order valence-corrected chi connectivity index (χ4v) is 3.27. The molecule has 2 aromatic rings. The van der Waals surface area contributed by atoms with Crippen LogP contribution in [0.3, 0.4) is 0 Å². The van der Waals surface area contributed by atoms with Crippen LogP contribution in [0.25, 0.3) is 0 Å². The Balaban J connectivity index is 1.60. The van der Waals surface area contributed by atoms with Gasteiger partial charge in [0.25, 0.3) is 10.0 Å². The van der Waals surface area contributed by atoms with E-state index in [1.807, 2.05) is 0 Å². The Hall–Kier alpha value is -1.88. The zero-order valence-corrected chi connectivity index (χ0v) is 15.3. The monoisotopic (exact) mass is 429 g/mol. The maximum absolute atomic E-state index is 12.1. The molecule has 7 nitrogen and oxygen atoms in total. The third-order valence-electron chi connectivity index (χ3n) is 3.05. The van der Waals surface area contributed by atoms with E-state index in [9.17, 15) is 8.42 Å². The summed E-state index contributed by atoms with van der Waals surface area (Å²) in [5, 5.41) is 2.95. The molecule has 0 saturated carbocycles. The summed E-state index contributed by atoms with van der Waals surface area (Å²) in [6.45, 7) is 0.175. The number of fused-ring (bicyclic) bond motifs is 1. The standard InChI is InChI=1S/C14H12BrN3O4S2/c15-9-1-4-11(5-2-9)24(19,20)18-17-14(23)16-10-3-6-12-13(7-10)22-8-21-12/h1-7,18H,8H2,(H2,16,17,23). The van der Waals surface area contributed by atoms with Crippen LogP contribution in [0.4, 0.5) is 5.69 Å². The quantitative estimate of drug-likeness (QED) is 0.507. The van der Waals surface area contributed by atoms with Crippen LogP contribution >= 0.6 is 28.1 Å². The summed E-state index contributed by atoms with van der Waals surface area (Å²) in [4.78, 5) is 2.33. The molecule has 0 bridgehead atoms. The van der Waals surface area contributed by atoms with Gasteiger partial charge in [-0.05, 0) is 48.6 Å². The van der Waals surface area contributed by atoms with Gasteiger partial charge in [-0.1, -0.05) is 15.9 Å². The molecule has 3 N–H and O–H groups in total. The smallest absolute Gasteiger partial charge is 0.257 e. The highest BCUT2D eigenvalue weighted by Gasteiger charge is 2.15. The molecule has 3 rings (SSSR count). The van der Waals surface area contributed by atoms with E-state index in [4.69, 9.17) is 21.7 Å². The summed E-state index contributed by atoms with van der Waals surface area (Å²) in [7, 11) is -3.73. The lowest BCUT2D eigenvalue weighted by molar-refractivity contribution is 0.174. The van der Waals surface area contributed by atoms with Gasteiger partial charge < -0.3 is 14.8 Å². The molecule has 0 saturated heterocycles. The van der Waals surface area contributed by atoms with E-state index in [2.05, 4.69) is 31.5 Å². The van der Waals surface area contributed by atoms with Gasteiger partial charge in [0, 0.05) is 16.2 Å². The van der Waals surface area contributed by atoms with Crippen LogP contribution in [0, 0.1) is 0 Å². The number of rotatable bonds is 4. The molecule has 0 amide bonds. The molecule has 1 heterocycles. The second-order valence-electron chi connectivity index (χ2n) is 4.71. The van der Waals surface area contributed by atoms with Crippen molar-refractivity contribution < 1.29 is 17.9 Å². The fourth-order valence-electron chi connectivity index (χ4n) is 1.92. The molecule has 0 radical (unpaired) electrons. The van der Waals surface area contributed by atoms with Crippen molar-refractivity contribution in [1.82, 2.24) is 10.3 Å². The number of nitrogens with one attached hydrogen (secondary N) is 3. The number of halogens is 1. The predicted octanol–water partition coefficient (Wildman–Crippen LogP) is 2.36. The number of hydrazine groups is 1. The highest BCUT2D eigenvalue weighted by molar-refractivity contribution is 9.10. The average Bonchev–Trinajstić information content (AvgIpc) is 3.01. The highest BCUT2D eigenvalue weighted by Crippen LogP contribution is 2.34. The molecular formula is C14H12BrN3O4S2. The normalized spacial score (nSPS) is 12.7. The van der Waals surface area contributed by atoms with Crippen molar-refractivity contribution >= 4 is 49.0 Å². The summed E-state index contributed by atoms with van der Waals surface area (Å²) >= 11 is 8.33. The number of thiocarbonyl (C=S) groups is 1. The lowest BCUT2D eigenvalue weighted by Gasteiger charge is -2.12. The molecule has 0 spiro atoms. The zero-order chi connectivity index (χ0) is 17.2. The Morgan fingerprint density at radius 2 is 1.79 bits per heavy atom. The maximum atomic E-state index is 12.1. The number of sulfonamides is 1. The van der Waals surface area contributed by atoms with Gasteiger partial charge in [0.2, 0.25) is 6.79 Å². The predicted molar refractivity (Wildman–Crippen MR) is 96.4 cm³/mol. The summed E-state index contributed by atoms with van der Waals surface area (Å²) in [6, 6.07) is 11.4. The van der Waals surface area contributed by atoms with Crippen molar-refractivity contribution in [2.24, 2.45) is 0 Å². The molecule has 24 heavy (non-hydrogen) atoms. The first-order valence-corrected chi connectivity index (χ1v) is 9.36. The Labute approximate surface area is 152 Å². The largest absolute Gasteiger partial charge is 0.454 e. The number of benzene rings is 2. The number of anilines is 1. The zero-order valence-electron chi connectivity index (χ0n) is 12.1. The Kier molecular flexibility index (Phi) is 4.90. The maximum Gasteiger partial charge on any atom is 0.257 e. The molecule has 0 aromatic heterocycles. The third-order valence-corrected chi connectivity index (χ3v) is 5.05. The fraction of sp³-hybridized carbons (Fsp3) is 0.0714. The number of hydrogen-bond acceptors (Lipinski definition) is 5. The van der Waals surface area contributed by atoms with Gasteiger partial charge in [-0.25, -0.2) is 8.42 Å². The van der Waals surface area contributed by atoms with Gasteiger partial charge in [-0.15, -0.1) is 4.83 Å². The van der Waals surface area contributed by atoms with Gasteiger partial charge in [0.15, 0.2) is 16.6 Å². The van der Waals surface area contributed by atoms with Crippen molar-refractivity contribution in [1.29, 1.82) is 0 Å². The Morgan fingerprint density at radius 3 is 2.54 bits per heavy atom. The number of ether oxygens (including phenoxy) is 2. The topological polar surface area (TPSA) is 88.7 Å². The van der Waals surface area contributed by atoms with E-state index >= 15 is 0 Å². The van der Waals surface area contributed by atoms with Gasteiger partial charge in [0.1, 0.15) is 0 Å². The minimum atomic E-state index is -3.73. The lowest BCUT2D eigenvalue weighted by Crippen LogP contribution is -2.43. The summed E-state index contributed by atoms with van der Waals surface area (Å²) in [5.41, 5.74) is 3.09. The first-order valence-electron chi connectivity index (χ1n) is 6.68. The summed E-state index contributed by atoms with van der Waals surface area (Å²) in [5.74, 6) is 1.24. The second-order valence-corrected chi connectivity index (χ2v) is 7.71. The van der Waals surface area contributed by atoms with Gasteiger partial charge in [0.05, 0.1) is 4.90 Å². The molecule has 0 aliphatic carbocycles. The van der Waals surface area contributed by atoms with E-state index in [1.165, 1.54) is 12.1 Å². The number of hydrogen-bond donors (Lipinski definition) is 3. The third kappa shape index (κ3) is 3.96. The van der Waals surface area contributed by atoms with Gasteiger partial charge >= 0.3 is 0 Å². The first kappa shape index (κ1) is 17.0. The van der Waals surface area contributed by atoms with Crippen LogP contribution < -0.4 is 25.0 Å².